The molecule has 0 amide bonds. The molecular formula is C32H41ClF2N8O3S. The molecule has 1 aromatic heterocycles. The van der Waals surface area contributed by atoms with E-state index in [1.807, 2.05) is 37.4 Å². The van der Waals surface area contributed by atoms with Crippen molar-refractivity contribution in [3.63, 3.8) is 0 Å². The molecule has 1 saturated carbocycles. The van der Waals surface area contributed by atoms with Gasteiger partial charge < -0.3 is 30.9 Å². The third-order valence-electron chi connectivity index (χ3n) is 9.01. The van der Waals surface area contributed by atoms with Crippen LogP contribution in [0.2, 0.25) is 5.02 Å². The minimum Gasteiger partial charge on any atom is -0.494 e. The smallest absolute Gasteiger partial charge is 0.248 e. The Balaban J connectivity index is 1.15. The molecular weight excluding hydrogens is 650 g/mol. The van der Waals surface area contributed by atoms with Gasteiger partial charge in [0.2, 0.25) is 21.9 Å². The van der Waals surface area contributed by atoms with E-state index in [9.17, 15) is 17.2 Å². The Hall–Kier alpha value is -3.46. The summed E-state index contributed by atoms with van der Waals surface area (Å²) in [5.74, 6) is -2.47. The molecule has 47 heavy (non-hydrogen) atoms. The Bertz CT molecular complexity index is 1680. The van der Waals surface area contributed by atoms with Gasteiger partial charge in [0, 0.05) is 63.4 Å². The van der Waals surface area contributed by atoms with Crippen LogP contribution in [-0.2, 0) is 16.4 Å². The van der Waals surface area contributed by atoms with Gasteiger partial charge in [-0.05, 0) is 56.0 Å². The summed E-state index contributed by atoms with van der Waals surface area (Å²) in [5.41, 5.74) is 3.56. The molecule has 1 saturated heterocycles. The summed E-state index contributed by atoms with van der Waals surface area (Å²) in [7, 11) is -0.253. The molecule has 3 heterocycles. The summed E-state index contributed by atoms with van der Waals surface area (Å²) in [6, 6.07) is 11.9. The number of nitrogens with one attached hydrogen (secondary N) is 4. The van der Waals surface area contributed by atoms with E-state index in [0.717, 1.165) is 50.3 Å². The number of sulfonamides is 1. The fraction of sp³-hybridized carbons (Fsp3) is 0.500. The number of halogens is 3. The van der Waals surface area contributed by atoms with Gasteiger partial charge in [0.05, 0.1) is 36.1 Å². The number of nitrogens with zero attached hydrogens (tertiary/aromatic N) is 4. The highest BCUT2D eigenvalue weighted by molar-refractivity contribution is 7.92. The standard InChI is InChI=1S/C32H41ClF2N8O3S/c1-36-11-12-37-23-9-13-42(14-10-23)24-6-7-26(28(16-24)46-2)40-31-38-19-25(33)30(41-31)39-27-5-3-4-22-8-15-43(29(22)27)47(44,45)20-21-17-32(34,35)18-21/h3-7,16,19,21,23,36-37H,8-15,17-18,20H2,1-2H3,(H2,38,39,40,41). The first-order valence-corrected chi connectivity index (χ1v) is 17.9. The van der Waals surface area contributed by atoms with E-state index in [-0.39, 0.29) is 29.1 Å². The molecule has 0 bridgehead atoms. The number of para-hydroxylation sites is 1. The SMILES string of the molecule is CNCCNC1CCN(c2ccc(Nc3ncc(Cl)c(Nc4cccc5c4N(S(=O)(=O)CC4CC(F)(F)C4)CC5)n3)c(OC)c2)CC1. The van der Waals surface area contributed by atoms with Crippen LogP contribution in [0.25, 0.3) is 0 Å². The fourth-order valence-electron chi connectivity index (χ4n) is 6.58. The summed E-state index contributed by atoms with van der Waals surface area (Å²) in [4.78, 5) is 11.3. The van der Waals surface area contributed by atoms with Crippen LogP contribution in [0.5, 0.6) is 5.75 Å². The summed E-state index contributed by atoms with van der Waals surface area (Å²) < 4.78 is 60.6. The van der Waals surface area contributed by atoms with Crippen molar-refractivity contribution in [3.8, 4) is 5.75 Å². The van der Waals surface area contributed by atoms with Crippen LogP contribution in [0.4, 0.5) is 43.3 Å². The lowest BCUT2D eigenvalue weighted by atomic mass is 9.83. The first-order chi connectivity index (χ1) is 22.5. The maximum atomic E-state index is 13.4. The molecule has 4 N–H and O–H groups in total. The lowest BCUT2D eigenvalue weighted by molar-refractivity contribution is -0.103. The number of fused-ring (bicyclic) bond motifs is 1. The normalized spacial score (nSPS) is 18.1. The molecule has 2 aromatic carbocycles. The predicted octanol–water partition coefficient (Wildman–Crippen LogP) is 5.14. The van der Waals surface area contributed by atoms with Gasteiger partial charge in [-0.2, -0.15) is 4.98 Å². The van der Waals surface area contributed by atoms with E-state index < -0.39 is 34.7 Å². The highest BCUT2D eigenvalue weighted by Gasteiger charge is 2.48. The Morgan fingerprint density at radius 1 is 1.06 bits per heavy atom. The Morgan fingerprint density at radius 3 is 2.57 bits per heavy atom. The molecule has 1 aliphatic carbocycles. The average Bonchev–Trinajstić information content (AvgIpc) is 3.49. The number of benzene rings is 2. The van der Waals surface area contributed by atoms with E-state index in [0.29, 0.717) is 35.3 Å². The molecule has 2 fully saturated rings. The number of ether oxygens (including phenoxy) is 1. The molecule has 6 rings (SSSR count). The second-order valence-corrected chi connectivity index (χ2v) is 14.7. The molecule has 2 aliphatic heterocycles. The highest BCUT2D eigenvalue weighted by atomic mass is 35.5. The topological polar surface area (TPSA) is 124 Å². The van der Waals surface area contributed by atoms with E-state index in [4.69, 9.17) is 16.3 Å². The first kappa shape index (κ1) is 33.4. The van der Waals surface area contributed by atoms with Crippen molar-refractivity contribution < 1.29 is 21.9 Å². The van der Waals surface area contributed by atoms with E-state index in [2.05, 4.69) is 36.1 Å². The van der Waals surface area contributed by atoms with Crippen LogP contribution in [0.1, 0.15) is 31.2 Å². The van der Waals surface area contributed by atoms with Gasteiger partial charge in [-0.3, -0.25) is 4.31 Å². The molecule has 0 spiro atoms. The van der Waals surface area contributed by atoms with Crippen molar-refractivity contribution >= 4 is 56.1 Å². The van der Waals surface area contributed by atoms with Crippen LogP contribution in [0.15, 0.2) is 42.6 Å². The first-order valence-electron chi connectivity index (χ1n) is 15.9. The number of alkyl halides is 2. The number of hydrogen-bond donors (Lipinski definition) is 4. The molecule has 0 radical (unpaired) electrons. The Labute approximate surface area is 279 Å². The maximum absolute atomic E-state index is 13.4. The van der Waals surface area contributed by atoms with Gasteiger partial charge in [-0.15, -0.1) is 0 Å². The maximum Gasteiger partial charge on any atom is 0.248 e. The largest absolute Gasteiger partial charge is 0.494 e. The van der Waals surface area contributed by atoms with Gasteiger partial charge >= 0.3 is 0 Å². The number of likely N-dealkylation sites (N-methyl/N-ethyl adjacent to an activating group) is 1. The Morgan fingerprint density at radius 2 is 1.85 bits per heavy atom. The van der Waals surface area contributed by atoms with Gasteiger partial charge in [-0.1, -0.05) is 23.7 Å². The van der Waals surface area contributed by atoms with Crippen molar-refractivity contribution in [1.29, 1.82) is 0 Å². The highest BCUT2D eigenvalue weighted by Crippen LogP contribution is 2.45. The summed E-state index contributed by atoms with van der Waals surface area (Å²) in [6.45, 7) is 4.04. The zero-order valence-corrected chi connectivity index (χ0v) is 28.1. The third kappa shape index (κ3) is 7.66. The molecule has 254 valence electrons. The summed E-state index contributed by atoms with van der Waals surface area (Å²) in [5, 5.41) is 13.4. The lowest BCUT2D eigenvalue weighted by Crippen LogP contribution is -2.44. The van der Waals surface area contributed by atoms with Crippen molar-refractivity contribution in [2.45, 2.75) is 44.1 Å². The molecule has 0 unspecified atom stereocenters. The van der Waals surface area contributed by atoms with Crippen molar-refractivity contribution in [3.05, 3.63) is 53.2 Å². The van der Waals surface area contributed by atoms with Crippen LogP contribution in [-0.4, -0.2) is 83.0 Å². The summed E-state index contributed by atoms with van der Waals surface area (Å²) in [6.07, 6.45) is 3.29. The van der Waals surface area contributed by atoms with Gasteiger partial charge in [0.15, 0.2) is 5.82 Å². The number of rotatable bonds is 13. The zero-order valence-electron chi connectivity index (χ0n) is 26.5. The Kier molecular flexibility index (Phi) is 9.93. The third-order valence-corrected chi connectivity index (χ3v) is 11.2. The van der Waals surface area contributed by atoms with Crippen molar-refractivity contribution in [2.24, 2.45) is 5.92 Å². The average molecular weight is 691 g/mol. The number of aromatic nitrogens is 2. The number of hydrogen-bond acceptors (Lipinski definition) is 10. The van der Waals surface area contributed by atoms with Crippen LogP contribution in [0.3, 0.4) is 0 Å². The van der Waals surface area contributed by atoms with E-state index in [1.54, 1.807) is 13.2 Å². The van der Waals surface area contributed by atoms with Gasteiger partial charge in [0.25, 0.3) is 0 Å². The quantitative estimate of drug-likeness (QED) is 0.179. The lowest BCUT2D eigenvalue weighted by Gasteiger charge is -2.35. The van der Waals surface area contributed by atoms with Crippen LogP contribution >= 0.6 is 11.6 Å². The predicted molar refractivity (Wildman–Crippen MR) is 183 cm³/mol. The summed E-state index contributed by atoms with van der Waals surface area (Å²) >= 11 is 6.50. The zero-order chi connectivity index (χ0) is 33.2. The molecule has 3 aliphatic rings. The minimum atomic E-state index is -3.83. The number of piperidine rings is 1. The van der Waals surface area contributed by atoms with Crippen molar-refractivity contribution in [2.75, 3.05) is 72.5 Å². The van der Waals surface area contributed by atoms with Crippen LogP contribution in [0, 0.1) is 5.92 Å². The van der Waals surface area contributed by atoms with E-state index in [1.165, 1.54) is 10.5 Å². The fourth-order valence-corrected chi connectivity index (χ4v) is 8.59. The molecule has 11 nitrogen and oxygen atoms in total. The minimum absolute atomic E-state index is 0.239. The second-order valence-electron chi connectivity index (χ2n) is 12.4. The number of anilines is 6. The van der Waals surface area contributed by atoms with Gasteiger partial charge in [0.1, 0.15) is 10.8 Å². The second kappa shape index (κ2) is 14.0. The van der Waals surface area contributed by atoms with E-state index >= 15 is 0 Å². The van der Waals surface area contributed by atoms with Crippen molar-refractivity contribution in [1.82, 2.24) is 20.6 Å². The van der Waals surface area contributed by atoms with Crippen LogP contribution < -0.4 is 35.2 Å². The van der Waals surface area contributed by atoms with Gasteiger partial charge in [-0.25, -0.2) is 22.2 Å². The molecule has 3 aromatic rings. The molecule has 0 atom stereocenters. The monoisotopic (exact) mass is 690 g/mol. The molecule has 15 heteroatoms. The number of methoxy groups -OCH3 is 1.